The van der Waals surface area contributed by atoms with Crippen molar-refractivity contribution in [3.05, 3.63) is 59.4 Å². The van der Waals surface area contributed by atoms with Crippen molar-refractivity contribution in [1.82, 2.24) is 0 Å². The number of rotatable bonds is 4. The Hall–Kier alpha value is -1.87. The first-order valence-electron chi connectivity index (χ1n) is 5.92. The van der Waals surface area contributed by atoms with Gasteiger partial charge in [0, 0.05) is 0 Å². The molecular weight excluding hydrogens is 229 g/mol. The average molecular weight is 245 g/mol. The molecule has 2 aromatic rings. The van der Waals surface area contributed by atoms with Gasteiger partial charge in [0.05, 0.1) is 0 Å². The first kappa shape index (κ1) is 12.6. The molecule has 3 heteroatoms. The Labute approximate surface area is 106 Å². The molecule has 0 unspecified atom stereocenters. The maximum atomic E-state index is 12.8. The Morgan fingerprint density at radius 3 is 2.44 bits per heavy atom. The van der Waals surface area contributed by atoms with Crippen LogP contribution in [-0.2, 0) is 6.42 Å². The smallest absolute Gasteiger partial charge is 0.130 e. The third-order valence-electron chi connectivity index (χ3n) is 2.71. The molecule has 18 heavy (non-hydrogen) atoms. The molecule has 0 spiro atoms. The van der Waals surface area contributed by atoms with Gasteiger partial charge in [0.1, 0.15) is 17.3 Å². The molecule has 2 rings (SSSR count). The third kappa shape index (κ3) is 3.08. The zero-order valence-corrected chi connectivity index (χ0v) is 10.3. The largest absolute Gasteiger partial charge is 0.457 e. The summed E-state index contributed by atoms with van der Waals surface area (Å²) in [6.07, 6.45) is 0.859. The molecule has 0 radical (unpaired) electrons. The van der Waals surface area contributed by atoms with Crippen molar-refractivity contribution in [2.75, 3.05) is 6.54 Å². The standard InChI is InChI=1S/C15H16FNO/c1-11-10-12(8-9-17)2-7-15(11)18-14-5-3-13(16)4-6-14/h2-7,10H,8-9,17H2,1H3. The lowest BCUT2D eigenvalue weighted by Crippen LogP contribution is -2.02. The maximum Gasteiger partial charge on any atom is 0.130 e. The van der Waals surface area contributed by atoms with E-state index < -0.39 is 0 Å². The first-order valence-corrected chi connectivity index (χ1v) is 5.92. The molecule has 0 aliphatic rings. The molecule has 0 aliphatic heterocycles. The van der Waals surface area contributed by atoms with E-state index in [2.05, 4.69) is 6.07 Å². The highest BCUT2D eigenvalue weighted by molar-refractivity contribution is 5.39. The van der Waals surface area contributed by atoms with Gasteiger partial charge in [0.25, 0.3) is 0 Å². The van der Waals surface area contributed by atoms with Crippen molar-refractivity contribution in [3.63, 3.8) is 0 Å². The minimum atomic E-state index is -0.266. The molecule has 0 saturated heterocycles. The van der Waals surface area contributed by atoms with Gasteiger partial charge in [-0.25, -0.2) is 4.39 Å². The molecule has 0 bridgehead atoms. The lowest BCUT2D eigenvalue weighted by Gasteiger charge is -2.10. The Kier molecular flexibility index (Phi) is 3.95. The van der Waals surface area contributed by atoms with Crippen molar-refractivity contribution in [1.29, 1.82) is 0 Å². The van der Waals surface area contributed by atoms with Crippen LogP contribution in [0, 0.1) is 12.7 Å². The number of hydrogen-bond donors (Lipinski definition) is 1. The van der Waals surface area contributed by atoms with Crippen LogP contribution in [0.1, 0.15) is 11.1 Å². The summed E-state index contributed by atoms with van der Waals surface area (Å²) in [7, 11) is 0. The molecule has 94 valence electrons. The zero-order valence-electron chi connectivity index (χ0n) is 10.3. The molecular formula is C15H16FNO. The zero-order chi connectivity index (χ0) is 13.0. The van der Waals surface area contributed by atoms with E-state index in [1.165, 1.54) is 17.7 Å². The summed E-state index contributed by atoms with van der Waals surface area (Å²) in [6.45, 7) is 2.62. The number of aryl methyl sites for hydroxylation is 1. The van der Waals surface area contributed by atoms with Crippen LogP contribution in [0.25, 0.3) is 0 Å². The van der Waals surface area contributed by atoms with E-state index in [4.69, 9.17) is 10.5 Å². The van der Waals surface area contributed by atoms with Gasteiger partial charge in [0.15, 0.2) is 0 Å². The van der Waals surface area contributed by atoms with Gasteiger partial charge >= 0.3 is 0 Å². The Morgan fingerprint density at radius 1 is 1.11 bits per heavy atom. The monoisotopic (exact) mass is 245 g/mol. The second-order valence-corrected chi connectivity index (χ2v) is 4.19. The summed E-state index contributed by atoms with van der Waals surface area (Å²) in [5.74, 6) is 1.14. The average Bonchev–Trinajstić information content (AvgIpc) is 2.36. The van der Waals surface area contributed by atoms with Crippen molar-refractivity contribution in [2.45, 2.75) is 13.3 Å². The van der Waals surface area contributed by atoms with Crippen LogP contribution in [0.2, 0.25) is 0 Å². The number of benzene rings is 2. The highest BCUT2D eigenvalue weighted by Gasteiger charge is 2.03. The van der Waals surface area contributed by atoms with E-state index in [1.807, 2.05) is 19.1 Å². The third-order valence-corrected chi connectivity index (χ3v) is 2.71. The van der Waals surface area contributed by atoms with Gasteiger partial charge in [-0.2, -0.15) is 0 Å². The van der Waals surface area contributed by atoms with Crippen molar-refractivity contribution < 1.29 is 9.13 Å². The van der Waals surface area contributed by atoms with Gasteiger partial charge in [-0.05, 0) is 61.3 Å². The van der Waals surface area contributed by atoms with Crippen LogP contribution < -0.4 is 10.5 Å². The number of hydrogen-bond acceptors (Lipinski definition) is 2. The Balaban J connectivity index is 2.16. The summed E-state index contributed by atoms with van der Waals surface area (Å²) in [5.41, 5.74) is 7.76. The molecule has 0 heterocycles. The van der Waals surface area contributed by atoms with Crippen LogP contribution >= 0.6 is 0 Å². The minimum Gasteiger partial charge on any atom is -0.457 e. The van der Waals surface area contributed by atoms with Crippen LogP contribution in [0.15, 0.2) is 42.5 Å². The minimum absolute atomic E-state index is 0.266. The molecule has 0 atom stereocenters. The van der Waals surface area contributed by atoms with E-state index in [0.29, 0.717) is 12.3 Å². The fourth-order valence-corrected chi connectivity index (χ4v) is 1.78. The second kappa shape index (κ2) is 5.65. The van der Waals surface area contributed by atoms with Gasteiger partial charge in [-0.15, -0.1) is 0 Å². The van der Waals surface area contributed by atoms with Crippen LogP contribution in [0.4, 0.5) is 4.39 Å². The lowest BCUT2D eigenvalue weighted by molar-refractivity contribution is 0.476. The number of halogens is 1. The molecule has 0 amide bonds. The predicted molar refractivity (Wildman–Crippen MR) is 70.4 cm³/mol. The Bertz CT molecular complexity index is 523. The summed E-state index contributed by atoms with van der Waals surface area (Å²) in [4.78, 5) is 0. The summed E-state index contributed by atoms with van der Waals surface area (Å²) >= 11 is 0. The van der Waals surface area contributed by atoms with E-state index in [1.54, 1.807) is 12.1 Å². The first-order chi connectivity index (χ1) is 8.69. The molecule has 0 aliphatic carbocycles. The van der Waals surface area contributed by atoms with Crippen molar-refractivity contribution in [2.24, 2.45) is 5.73 Å². The Morgan fingerprint density at radius 2 is 1.83 bits per heavy atom. The van der Waals surface area contributed by atoms with Gasteiger partial charge < -0.3 is 10.5 Å². The molecule has 0 saturated carbocycles. The highest BCUT2D eigenvalue weighted by atomic mass is 19.1. The van der Waals surface area contributed by atoms with Crippen LogP contribution in [0.3, 0.4) is 0 Å². The van der Waals surface area contributed by atoms with Crippen molar-refractivity contribution in [3.8, 4) is 11.5 Å². The summed E-state index contributed by atoms with van der Waals surface area (Å²) < 4.78 is 18.5. The number of nitrogens with two attached hydrogens (primary N) is 1. The normalized spacial score (nSPS) is 10.4. The van der Waals surface area contributed by atoms with Gasteiger partial charge in [-0.3, -0.25) is 0 Å². The van der Waals surface area contributed by atoms with Crippen molar-refractivity contribution >= 4 is 0 Å². The van der Waals surface area contributed by atoms with Gasteiger partial charge in [0.2, 0.25) is 0 Å². The van der Waals surface area contributed by atoms with E-state index >= 15 is 0 Å². The number of ether oxygens (including phenoxy) is 1. The fraction of sp³-hybridized carbons (Fsp3) is 0.200. The molecule has 2 aromatic carbocycles. The topological polar surface area (TPSA) is 35.2 Å². The lowest BCUT2D eigenvalue weighted by atomic mass is 10.1. The van der Waals surface area contributed by atoms with E-state index in [0.717, 1.165) is 17.7 Å². The second-order valence-electron chi connectivity index (χ2n) is 4.19. The van der Waals surface area contributed by atoms with E-state index in [9.17, 15) is 4.39 Å². The molecule has 2 N–H and O–H groups in total. The van der Waals surface area contributed by atoms with Crippen LogP contribution in [0.5, 0.6) is 11.5 Å². The molecule has 0 fully saturated rings. The molecule has 2 nitrogen and oxygen atoms in total. The summed E-state index contributed by atoms with van der Waals surface area (Å²) in [6, 6.07) is 12.0. The quantitative estimate of drug-likeness (QED) is 0.895. The fourth-order valence-electron chi connectivity index (χ4n) is 1.78. The van der Waals surface area contributed by atoms with E-state index in [-0.39, 0.29) is 5.82 Å². The van der Waals surface area contributed by atoms with Gasteiger partial charge in [-0.1, -0.05) is 12.1 Å². The SMILES string of the molecule is Cc1cc(CCN)ccc1Oc1ccc(F)cc1. The predicted octanol–water partition coefficient (Wildman–Crippen LogP) is 3.43. The molecule has 0 aromatic heterocycles. The maximum absolute atomic E-state index is 12.8. The highest BCUT2D eigenvalue weighted by Crippen LogP contribution is 2.25. The summed E-state index contributed by atoms with van der Waals surface area (Å²) in [5, 5.41) is 0. The van der Waals surface area contributed by atoms with Crippen LogP contribution in [-0.4, -0.2) is 6.54 Å².